The molecule has 3 aromatic carbocycles. The third-order valence-electron chi connectivity index (χ3n) is 7.45. The number of H-pyrrole nitrogens is 1. The van der Waals surface area contributed by atoms with Crippen LogP contribution in [-0.2, 0) is 19.6 Å². The molecule has 0 unspecified atom stereocenters. The van der Waals surface area contributed by atoms with Gasteiger partial charge in [0.15, 0.2) is 17.3 Å². The topological polar surface area (TPSA) is 98.2 Å². The molecule has 0 spiro atoms. The summed E-state index contributed by atoms with van der Waals surface area (Å²) in [5.74, 6) is 2.23. The zero-order chi connectivity index (χ0) is 27.6. The molecular weight excluding hydrogens is 504 g/mol. The van der Waals surface area contributed by atoms with Crippen LogP contribution in [0.2, 0.25) is 0 Å². The predicted octanol–water partition coefficient (Wildman–Crippen LogP) is 5.06. The first kappa shape index (κ1) is 25.8. The maximum absolute atomic E-state index is 13.3. The fourth-order valence-corrected chi connectivity index (χ4v) is 5.53. The number of hydrogen-bond donors (Lipinski definition) is 1. The van der Waals surface area contributed by atoms with Crippen LogP contribution in [0.3, 0.4) is 0 Å². The third-order valence-corrected chi connectivity index (χ3v) is 7.45. The van der Waals surface area contributed by atoms with Gasteiger partial charge in [-0.15, -0.1) is 5.10 Å². The molecule has 0 bridgehead atoms. The second-order valence-corrected chi connectivity index (χ2v) is 10.4. The Labute approximate surface area is 232 Å². The molecule has 1 aliphatic rings. The highest BCUT2D eigenvalue weighted by Gasteiger charge is 2.27. The lowest BCUT2D eigenvalue weighted by Crippen LogP contribution is -2.32. The number of tetrazole rings is 1. The fraction of sp³-hybridized carbons (Fsp3) is 0.290. The molecule has 9 nitrogen and oxygen atoms in total. The van der Waals surface area contributed by atoms with E-state index >= 15 is 0 Å². The molecule has 0 aliphatic carbocycles. The number of nitrogens with one attached hydrogen (secondary N) is 1. The van der Waals surface area contributed by atoms with Crippen LogP contribution in [0.5, 0.6) is 11.5 Å². The van der Waals surface area contributed by atoms with Crippen molar-refractivity contribution >= 4 is 10.9 Å². The Morgan fingerprint density at radius 2 is 1.80 bits per heavy atom. The maximum Gasteiger partial charge on any atom is 0.252 e. The quantitative estimate of drug-likeness (QED) is 0.281. The summed E-state index contributed by atoms with van der Waals surface area (Å²) < 4.78 is 13.0. The summed E-state index contributed by atoms with van der Waals surface area (Å²) in [5, 5.41) is 13.9. The largest absolute Gasteiger partial charge is 0.454 e. The summed E-state index contributed by atoms with van der Waals surface area (Å²) in [6.45, 7) is 8.01. The SMILES string of the molecule is CC[C@@H](c1nnnn1Cc1ccccc1)N(Cc1ccc2c(c1)OCO2)Cc1cc2c(C)cc(C)cc2[nH]c1=O. The van der Waals surface area contributed by atoms with Gasteiger partial charge in [-0.1, -0.05) is 49.4 Å². The van der Waals surface area contributed by atoms with Crippen LogP contribution in [-0.4, -0.2) is 36.9 Å². The standard InChI is InChI=1S/C31H32N6O3/c1-4-27(30-33-34-35-37(30)17-22-8-6-5-7-9-22)36(16-23-10-11-28-29(14-23)40-19-39-28)18-24-15-25-21(3)12-20(2)13-26(25)32-31(24)38/h5-15,27H,4,16-19H2,1-3H3,(H,32,38)/t27-/m0/s1. The van der Waals surface area contributed by atoms with E-state index in [0.717, 1.165) is 56.9 Å². The van der Waals surface area contributed by atoms with Crippen molar-refractivity contribution in [3.63, 3.8) is 0 Å². The molecule has 0 amide bonds. The summed E-state index contributed by atoms with van der Waals surface area (Å²) in [5.41, 5.74) is 5.88. The molecule has 1 atom stereocenters. The predicted molar refractivity (Wildman–Crippen MR) is 152 cm³/mol. The van der Waals surface area contributed by atoms with Crippen molar-refractivity contribution in [3.05, 3.63) is 111 Å². The van der Waals surface area contributed by atoms with Gasteiger partial charge in [0.25, 0.3) is 5.56 Å². The first-order chi connectivity index (χ1) is 19.5. The summed E-state index contributed by atoms with van der Waals surface area (Å²) in [4.78, 5) is 18.7. The van der Waals surface area contributed by atoms with Crippen molar-refractivity contribution in [2.24, 2.45) is 0 Å². The number of aryl methyl sites for hydroxylation is 2. The van der Waals surface area contributed by atoms with E-state index in [2.05, 4.69) is 57.5 Å². The summed E-state index contributed by atoms with van der Waals surface area (Å²) >= 11 is 0. The Bertz CT molecular complexity index is 1710. The minimum atomic E-state index is -0.140. The van der Waals surface area contributed by atoms with E-state index in [1.807, 2.05) is 60.1 Å². The Kier molecular flexibility index (Phi) is 7.04. The lowest BCUT2D eigenvalue weighted by molar-refractivity contribution is 0.161. The Morgan fingerprint density at radius 3 is 2.62 bits per heavy atom. The molecule has 2 aromatic heterocycles. The van der Waals surface area contributed by atoms with Crippen LogP contribution in [0.15, 0.2) is 71.5 Å². The van der Waals surface area contributed by atoms with Gasteiger partial charge in [0, 0.05) is 29.6 Å². The van der Waals surface area contributed by atoms with Gasteiger partial charge in [-0.25, -0.2) is 4.68 Å². The number of pyridine rings is 1. The molecule has 0 saturated heterocycles. The van der Waals surface area contributed by atoms with Crippen LogP contribution in [0, 0.1) is 13.8 Å². The van der Waals surface area contributed by atoms with E-state index in [1.165, 1.54) is 0 Å². The van der Waals surface area contributed by atoms with Gasteiger partial charge in [0.1, 0.15) is 0 Å². The minimum absolute atomic E-state index is 0.0908. The molecule has 40 heavy (non-hydrogen) atoms. The van der Waals surface area contributed by atoms with E-state index in [-0.39, 0.29) is 18.4 Å². The van der Waals surface area contributed by atoms with Crippen LogP contribution in [0.4, 0.5) is 0 Å². The number of benzene rings is 3. The number of rotatable bonds is 9. The molecule has 0 radical (unpaired) electrons. The average molecular weight is 537 g/mol. The van der Waals surface area contributed by atoms with E-state index in [1.54, 1.807) is 0 Å². The van der Waals surface area contributed by atoms with Crippen molar-refractivity contribution in [3.8, 4) is 11.5 Å². The highest BCUT2D eigenvalue weighted by molar-refractivity contribution is 5.83. The third kappa shape index (κ3) is 5.20. The second kappa shape index (κ2) is 10.9. The van der Waals surface area contributed by atoms with E-state index in [4.69, 9.17) is 9.47 Å². The molecule has 6 rings (SSSR count). The van der Waals surface area contributed by atoms with E-state index in [9.17, 15) is 4.79 Å². The zero-order valence-corrected chi connectivity index (χ0v) is 22.9. The monoisotopic (exact) mass is 536 g/mol. The van der Waals surface area contributed by atoms with E-state index in [0.29, 0.717) is 25.2 Å². The highest BCUT2D eigenvalue weighted by atomic mass is 16.7. The number of nitrogens with zero attached hydrogens (tertiary/aromatic N) is 5. The van der Waals surface area contributed by atoms with Gasteiger partial charge in [-0.2, -0.15) is 0 Å². The van der Waals surface area contributed by atoms with Crippen molar-refractivity contribution in [2.45, 2.75) is 52.9 Å². The molecule has 0 fully saturated rings. The van der Waals surface area contributed by atoms with Crippen LogP contribution < -0.4 is 15.0 Å². The zero-order valence-electron chi connectivity index (χ0n) is 22.9. The molecule has 1 aliphatic heterocycles. The second-order valence-electron chi connectivity index (χ2n) is 10.4. The lowest BCUT2D eigenvalue weighted by atomic mass is 10.0. The molecule has 3 heterocycles. The van der Waals surface area contributed by atoms with Gasteiger partial charge in [-0.05, 0) is 77.2 Å². The average Bonchev–Trinajstić information content (AvgIpc) is 3.60. The number of aromatic amines is 1. The highest BCUT2D eigenvalue weighted by Crippen LogP contribution is 2.34. The number of fused-ring (bicyclic) bond motifs is 2. The Hall–Kier alpha value is -4.50. The van der Waals surface area contributed by atoms with Crippen LogP contribution >= 0.6 is 0 Å². The van der Waals surface area contributed by atoms with Gasteiger partial charge >= 0.3 is 0 Å². The van der Waals surface area contributed by atoms with Crippen LogP contribution in [0.25, 0.3) is 10.9 Å². The van der Waals surface area contributed by atoms with Gasteiger partial charge in [0.2, 0.25) is 6.79 Å². The lowest BCUT2D eigenvalue weighted by Gasteiger charge is -2.30. The maximum atomic E-state index is 13.3. The summed E-state index contributed by atoms with van der Waals surface area (Å²) in [6, 6.07) is 22.2. The van der Waals surface area contributed by atoms with Crippen molar-refractivity contribution < 1.29 is 9.47 Å². The van der Waals surface area contributed by atoms with Gasteiger partial charge in [0.05, 0.1) is 12.6 Å². The normalized spacial score (nSPS) is 13.3. The van der Waals surface area contributed by atoms with Crippen molar-refractivity contribution in [1.29, 1.82) is 0 Å². The molecular formula is C31H32N6O3. The Balaban J connectivity index is 1.39. The first-order valence-corrected chi connectivity index (χ1v) is 13.5. The summed E-state index contributed by atoms with van der Waals surface area (Å²) in [6.07, 6.45) is 0.753. The molecule has 9 heteroatoms. The van der Waals surface area contributed by atoms with Crippen molar-refractivity contribution in [2.75, 3.05) is 6.79 Å². The summed E-state index contributed by atoms with van der Waals surface area (Å²) in [7, 11) is 0. The van der Waals surface area contributed by atoms with E-state index < -0.39 is 0 Å². The minimum Gasteiger partial charge on any atom is -0.454 e. The van der Waals surface area contributed by atoms with Crippen LogP contribution in [0.1, 0.15) is 53.0 Å². The Morgan fingerprint density at radius 1 is 0.975 bits per heavy atom. The van der Waals surface area contributed by atoms with Gasteiger partial charge < -0.3 is 14.5 Å². The first-order valence-electron chi connectivity index (χ1n) is 13.5. The van der Waals surface area contributed by atoms with Crippen molar-refractivity contribution in [1.82, 2.24) is 30.1 Å². The number of ether oxygens (including phenoxy) is 2. The molecule has 5 aromatic rings. The van der Waals surface area contributed by atoms with Gasteiger partial charge in [-0.3, -0.25) is 9.69 Å². The number of aromatic nitrogens is 5. The molecule has 1 N–H and O–H groups in total. The molecule has 0 saturated carbocycles. The fourth-order valence-electron chi connectivity index (χ4n) is 5.53. The smallest absolute Gasteiger partial charge is 0.252 e. The number of hydrogen-bond acceptors (Lipinski definition) is 7. The molecule has 204 valence electrons.